The van der Waals surface area contributed by atoms with E-state index < -0.39 is 0 Å². The van der Waals surface area contributed by atoms with Crippen LogP contribution in [0.15, 0.2) is 36.4 Å². The maximum absolute atomic E-state index is 10.0. The molecule has 112 valence electrons. The Labute approximate surface area is 142 Å². The summed E-state index contributed by atoms with van der Waals surface area (Å²) in [5.74, 6) is 0.553. The number of aromatic hydroxyl groups is 2. The highest BCUT2D eigenvalue weighted by Crippen LogP contribution is 2.27. The lowest BCUT2D eigenvalue weighted by atomic mass is 9.98. The molecule has 2 N–H and O–H groups in total. The minimum absolute atomic E-state index is 0.276. The maximum atomic E-state index is 10.0. The van der Waals surface area contributed by atoms with E-state index in [0.717, 1.165) is 34.6 Å². The number of alkyl halides is 2. The first-order valence-electron chi connectivity index (χ1n) is 6.87. The van der Waals surface area contributed by atoms with Crippen LogP contribution in [0.5, 0.6) is 11.5 Å². The van der Waals surface area contributed by atoms with Gasteiger partial charge in [-0.05, 0) is 47.2 Å². The van der Waals surface area contributed by atoms with E-state index in [-0.39, 0.29) is 11.5 Å². The fraction of sp³-hybridized carbons (Fsp3) is 0.294. The van der Waals surface area contributed by atoms with Crippen LogP contribution >= 0.6 is 31.9 Å². The number of phenols is 2. The quantitative estimate of drug-likeness (QED) is 0.681. The first-order chi connectivity index (χ1) is 10.1. The van der Waals surface area contributed by atoms with Crippen LogP contribution in [0.1, 0.15) is 22.3 Å². The van der Waals surface area contributed by atoms with Crippen molar-refractivity contribution in [3.8, 4) is 11.5 Å². The second-order valence-electron chi connectivity index (χ2n) is 4.98. The van der Waals surface area contributed by atoms with Crippen molar-refractivity contribution in [2.75, 3.05) is 10.7 Å². The Bertz CT molecular complexity index is 558. The molecule has 0 spiro atoms. The van der Waals surface area contributed by atoms with Crippen LogP contribution in [0, 0.1) is 0 Å². The monoisotopic (exact) mass is 412 g/mol. The molecule has 0 radical (unpaired) electrons. The largest absolute Gasteiger partial charge is 0.508 e. The van der Waals surface area contributed by atoms with Gasteiger partial charge in [-0.25, -0.2) is 0 Å². The molecule has 0 aliphatic heterocycles. The molecule has 0 unspecified atom stereocenters. The average Bonchev–Trinajstić information content (AvgIpc) is 2.46. The SMILES string of the molecule is Oc1ccc(CCBr)cc1Cc1cc(CCBr)ccc1O. The molecule has 0 heterocycles. The maximum Gasteiger partial charge on any atom is 0.119 e. The predicted molar refractivity (Wildman–Crippen MR) is 94.0 cm³/mol. The Morgan fingerprint density at radius 2 is 1.14 bits per heavy atom. The van der Waals surface area contributed by atoms with Crippen LogP contribution < -0.4 is 0 Å². The number of rotatable bonds is 6. The Kier molecular flexibility index (Phi) is 6.12. The van der Waals surface area contributed by atoms with Gasteiger partial charge in [-0.2, -0.15) is 0 Å². The van der Waals surface area contributed by atoms with E-state index >= 15 is 0 Å². The summed E-state index contributed by atoms with van der Waals surface area (Å²) < 4.78 is 0. The molecule has 0 saturated heterocycles. The highest BCUT2D eigenvalue weighted by Gasteiger charge is 2.08. The van der Waals surface area contributed by atoms with Crippen molar-refractivity contribution in [2.45, 2.75) is 19.3 Å². The molecule has 0 aliphatic rings. The van der Waals surface area contributed by atoms with Crippen LogP contribution in [0.3, 0.4) is 0 Å². The third-order valence-electron chi connectivity index (χ3n) is 3.44. The molecule has 2 nitrogen and oxygen atoms in total. The normalized spacial score (nSPS) is 10.8. The van der Waals surface area contributed by atoms with Crippen molar-refractivity contribution in [1.82, 2.24) is 0 Å². The standard InChI is InChI=1S/C17H18Br2O2/c18-7-5-12-1-3-16(20)14(9-12)11-15-10-13(6-8-19)2-4-17(15)21/h1-4,9-10,20-21H,5-8,11H2. The minimum atomic E-state index is 0.276. The summed E-state index contributed by atoms with van der Waals surface area (Å²) in [6, 6.07) is 11.3. The first-order valence-corrected chi connectivity index (χ1v) is 9.11. The van der Waals surface area contributed by atoms with Crippen LogP contribution in [-0.4, -0.2) is 20.9 Å². The summed E-state index contributed by atoms with van der Waals surface area (Å²) in [4.78, 5) is 0. The van der Waals surface area contributed by atoms with Crippen LogP contribution in [0.2, 0.25) is 0 Å². The van der Waals surface area contributed by atoms with Gasteiger partial charge in [0, 0.05) is 17.1 Å². The second kappa shape index (κ2) is 7.85. The molecule has 21 heavy (non-hydrogen) atoms. The Morgan fingerprint density at radius 1 is 0.714 bits per heavy atom. The summed E-state index contributed by atoms with van der Waals surface area (Å²) in [7, 11) is 0. The van der Waals surface area contributed by atoms with E-state index in [2.05, 4.69) is 31.9 Å². The molecule has 2 aromatic rings. The van der Waals surface area contributed by atoms with Gasteiger partial charge in [0.2, 0.25) is 0 Å². The third-order valence-corrected chi connectivity index (χ3v) is 4.23. The molecule has 0 atom stereocenters. The Morgan fingerprint density at radius 3 is 1.52 bits per heavy atom. The van der Waals surface area contributed by atoms with Gasteiger partial charge in [0.05, 0.1) is 0 Å². The van der Waals surface area contributed by atoms with Gasteiger partial charge < -0.3 is 10.2 Å². The summed E-state index contributed by atoms with van der Waals surface area (Å²) in [5, 5.41) is 21.8. The lowest BCUT2D eigenvalue weighted by Crippen LogP contribution is -1.95. The van der Waals surface area contributed by atoms with Crippen LogP contribution in [-0.2, 0) is 19.3 Å². The van der Waals surface area contributed by atoms with Gasteiger partial charge in [-0.15, -0.1) is 0 Å². The molecule has 0 fully saturated rings. The minimum Gasteiger partial charge on any atom is -0.508 e. The molecule has 0 aromatic heterocycles. The van der Waals surface area contributed by atoms with Gasteiger partial charge in [0.1, 0.15) is 11.5 Å². The van der Waals surface area contributed by atoms with Crippen LogP contribution in [0.25, 0.3) is 0 Å². The summed E-state index contributed by atoms with van der Waals surface area (Å²) >= 11 is 6.85. The number of hydrogen-bond acceptors (Lipinski definition) is 2. The lowest BCUT2D eigenvalue weighted by molar-refractivity contribution is 0.462. The van der Waals surface area contributed by atoms with E-state index in [0.29, 0.717) is 6.42 Å². The van der Waals surface area contributed by atoms with E-state index in [1.807, 2.05) is 24.3 Å². The highest BCUT2D eigenvalue weighted by atomic mass is 79.9. The van der Waals surface area contributed by atoms with Crippen molar-refractivity contribution in [3.63, 3.8) is 0 Å². The van der Waals surface area contributed by atoms with E-state index in [4.69, 9.17) is 0 Å². The second-order valence-corrected chi connectivity index (χ2v) is 6.57. The van der Waals surface area contributed by atoms with Crippen LogP contribution in [0.4, 0.5) is 0 Å². The number of hydrogen-bond donors (Lipinski definition) is 2. The zero-order valence-corrected chi connectivity index (χ0v) is 14.8. The first kappa shape index (κ1) is 16.4. The lowest BCUT2D eigenvalue weighted by Gasteiger charge is -2.10. The van der Waals surface area contributed by atoms with Gasteiger partial charge in [0.15, 0.2) is 0 Å². The fourth-order valence-electron chi connectivity index (χ4n) is 2.30. The number of phenolic OH excluding ortho intramolecular Hbond substituents is 2. The summed E-state index contributed by atoms with van der Waals surface area (Å²) in [5.41, 5.74) is 4.05. The van der Waals surface area contributed by atoms with Crippen molar-refractivity contribution in [1.29, 1.82) is 0 Å². The average molecular weight is 414 g/mol. The molecular weight excluding hydrogens is 396 g/mol. The zero-order chi connectivity index (χ0) is 15.2. The summed E-state index contributed by atoms with van der Waals surface area (Å²) in [6.07, 6.45) is 2.37. The molecule has 4 heteroatoms. The van der Waals surface area contributed by atoms with Crippen molar-refractivity contribution in [3.05, 3.63) is 58.7 Å². The van der Waals surface area contributed by atoms with E-state index in [1.165, 1.54) is 11.1 Å². The number of benzene rings is 2. The zero-order valence-electron chi connectivity index (χ0n) is 11.6. The number of halogens is 2. The van der Waals surface area contributed by atoms with E-state index in [9.17, 15) is 10.2 Å². The third kappa shape index (κ3) is 4.48. The highest BCUT2D eigenvalue weighted by molar-refractivity contribution is 9.09. The van der Waals surface area contributed by atoms with Gasteiger partial charge in [-0.3, -0.25) is 0 Å². The molecule has 0 amide bonds. The van der Waals surface area contributed by atoms with Gasteiger partial charge in [0.25, 0.3) is 0 Å². The molecule has 2 aromatic carbocycles. The van der Waals surface area contributed by atoms with Crippen molar-refractivity contribution in [2.24, 2.45) is 0 Å². The predicted octanol–water partition coefficient (Wildman–Crippen LogP) is 4.56. The van der Waals surface area contributed by atoms with Crippen molar-refractivity contribution >= 4 is 31.9 Å². The Balaban J connectivity index is 2.28. The fourth-order valence-corrected chi connectivity index (χ4v) is 3.21. The van der Waals surface area contributed by atoms with Gasteiger partial charge in [-0.1, -0.05) is 56.1 Å². The van der Waals surface area contributed by atoms with Gasteiger partial charge >= 0.3 is 0 Å². The molecule has 0 bridgehead atoms. The molecule has 0 aliphatic carbocycles. The molecule has 2 rings (SSSR count). The van der Waals surface area contributed by atoms with E-state index in [1.54, 1.807) is 12.1 Å². The smallest absolute Gasteiger partial charge is 0.119 e. The molecular formula is C17H18Br2O2. The topological polar surface area (TPSA) is 40.5 Å². The number of aryl methyl sites for hydroxylation is 2. The molecule has 0 saturated carbocycles. The van der Waals surface area contributed by atoms with Crippen molar-refractivity contribution < 1.29 is 10.2 Å². The Hall–Kier alpha value is -1.00. The summed E-state index contributed by atoms with van der Waals surface area (Å²) in [6.45, 7) is 0.